The van der Waals surface area contributed by atoms with Crippen molar-refractivity contribution < 1.29 is 19.7 Å². The minimum atomic E-state index is -1.02. The van der Waals surface area contributed by atoms with E-state index >= 15 is 0 Å². The van der Waals surface area contributed by atoms with E-state index in [0.717, 1.165) is 6.08 Å². The Kier molecular flexibility index (Phi) is 4.49. The van der Waals surface area contributed by atoms with Gasteiger partial charge in [-0.2, -0.15) is 0 Å². The summed E-state index contributed by atoms with van der Waals surface area (Å²) < 4.78 is 4.26. The number of methoxy groups -OCH3 is 1. The summed E-state index contributed by atoms with van der Waals surface area (Å²) in [4.78, 5) is 10.4. The highest BCUT2D eigenvalue weighted by atomic mass is 16.5. The molecule has 0 spiro atoms. The fraction of sp³-hybridized carbons (Fsp3) is 0.571. The molecule has 4 nitrogen and oxygen atoms in total. The Labute approximate surface area is 65.1 Å². The second-order valence-electron chi connectivity index (χ2n) is 2.11. The van der Waals surface area contributed by atoms with Crippen LogP contribution in [0.4, 0.5) is 0 Å². The summed E-state index contributed by atoms with van der Waals surface area (Å²) in [6.07, 6.45) is 0.346. The van der Waals surface area contributed by atoms with Crippen molar-refractivity contribution in [2.75, 3.05) is 7.11 Å². The molecule has 64 valence electrons. The van der Waals surface area contributed by atoms with Crippen molar-refractivity contribution in [3.63, 3.8) is 0 Å². The maximum Gasteiger partial charge on any atom is 0.330 e. The number of aliphatic hydroxyl groups excluding tert-OH is 2. The van der Waals surface area contributed by atoms with Crippen molar-refractivity contribution in [2.45, 2.75) is 19.1 Å². The van der Waals surface area contributed by atoms with Gasteiger partial charge in [-0.1, -0.05) is 0 Å². The molecule has 0 aromatic carbocycles. The number of aliphatic hydroxyl groups is 2. The molecule has 2 N–H and O–H groups in total. The highest BCUT2D eigenvalue weighted by Crippen LogP contribution is 1.93. The molecule has 0 aliphatic rings. The number of esters is 1. The number of rotatable bonds is 3. The first-order valence-electron chi connectivity index (χ1n) is 3.20. The second kappa shape index (κ2) is 4.87. The molecular formula is C7H12O4. The molecule has 0 amide bonds. The number of hydrogen-bond donors (Lipinski definition) is 2. The first-order chi connectivity index (χ1) is 5.07. The SMILES string of the molecule is COC(=O)/C=C/[C@@H](O)[C@@H](C)O. The van der Waals surface area contributed by atoms with E-state index in [0.29, 0.717) is 0 Å². The molecule has 0 saturated heterocycles. The van der Waals surface area contributed by atoms with Crippen LogP contribution in [-0.4, -0.2) is 35.5 Å². The van der Waals surface area contributed by atoms with Crippen LogP contribution in [0.25, 0.3) is 0 Å². The molecule has 0 rings (SSSR count). The number of carbonyl (C=O) groups is 1. The normalized spacial score (nSPS) is 16.4. The van der Waals surface area contributed by atoms with Crippen molar-refractivity contribution >= 4 is 5.97 Å². The number of hydrogen-bond acceptors (Lipinski definition) is 4. The number of carbonyl (C=O) groups excluding carboxylic acids is 1. The van der Waals surface area contributed by atoms with E-state index < -0.39 is 18.2 Å². The standard InChI is InChI=1S/C7H12O4/c1-5(8)6(9)3-4-7(10)11-2/h3-6,8-9H,1-2H3/b4-3+/t5-,6-/m1/s1. The zero-order valence-electron chi connectivity index (χ0n) is 6.52. The average Bonchev–Trinajstić information content (AvgIpc) is 1.99. The Morgan fingerprint density at radius 3 is 2.45 bits per heavy atom. The van der Waals surface area contributed by atoms with Crippen LogP contribution in [0.1, 0.15) is 6.92 Å². The molecule has 0 heterocycles. The largest absolute Gasteiger partial charge is 0.466 e. The molecule has 11 heavy (non-hydrogen) atoms. The predicted octanol–water partition coefficient (Wildman–Crippen LogP) is -0.543. The van der Waals surface area contributed by atoms with E-state index in [1.165, 1.54) is 20.1 Å². The van der Waals surface area contributed by atoms with Gasteiger partial charge in [0, 0.05) is 6.08 Å². The van der Waals surface area contributed by atoms with Crippen molar-refractivity contribution in [3.05, 3.63) is 12.2 Å². The van der Waals surface area contributed by atoms with E-state index in [1.807, 2.05) is 0 Å². The fourth-order valence-electron chi connectivity index (χ4n) is 0.406. The van der Waals surface area contributed by atoms with E-state index in [-0.39, 0.29) is 0 Å². The topological polar surface area (TPSA) is 66.8 Å². The lowest BCUT2D eigenvalue weighted by Gasteiger charge is -2.06. The van der Waals surface area contributed by atoms with Gasteiger partial charge in [-0.25, -0.2) is 4.79 Å². The van der Waals surface area contributed by atoms with Crippen LogP contribution < -0.4 is 0 Å². The van der Waals surface area contributed by atoms with Crippen LogP contribution in [0.2, 0.25) is 0 Å². The molecule has 0 aliphatic heterocycles. The smallest absolute Gasteiger partial charge is 0.330 e. The van der Waals surface area contributed by atoms with Gasteiger partial charge in [-0.15, -0.1) is 0 Å². The molecule has 0 radical (unpaired) electrons. The Bertz CT molecular complexity index is 151. The molecule has 0 aromatic heterocycles. The Morgan fingerprint density at radius 1 is 1.55 bits per heavy atom. The summed E-state index contributed by atoms with van der Waals surface area (Å²) in [5.41, 5.74) is 0. The number of ether oxygens (including phenoxy) is 1. The minimum absolute atomic E-state index is 0.551. The molecule has 0 saturated carbocycles. The van der Waals surface area contributed by atoms with Crippen molar-refractivity contribution in [2.24, 2.45) is 0 Å². The Hall–Kier alpha value is -0.870. The Balaban J connectivity index is 3.82. The van der Waals surface area contributed by atoms with E-state index in [9.17, 15) is 4.79 Å². The summed E-state index contributed by atoms with van der Waals surface area (Å²) in [5.74, 6) is -0.551. The van der Waals surface area contributed by atoms with Gasteiger partial charge in [-0.3, -0.25) is 0 Å². The van der Waals surface area contributed by atoms with E-state index in [1.54, 1.807) is 0 Å². The Morgan fingerprint density at radius 2 is 2.09 bits per heavy atom. The summed E-state index contributed by atoms with van der Waals surface area (Å²) >= 11 is 0. The second-order valence-corrected chi connectivity index (χ2v) is 2.11. The van der Waals surface area contributed by atoms with E-state index in [2.05, 4.69) is 4.74 Å². The summed E-state index contributed by atoms with van der Waals surface area (Å²) in [6, 6.07) is 0. The average molecular weight is 160 g/mol. The summed E-state index contributed by atoms with van der Waals surface area (Å²) in [6.45, 7) is 1.42. The summed E-state index contributed by atoms with van der Waals surface area (Å²) in [5, 5.41) is 17.7. The van der Waals surface area contributed by atoms with Crippen molar-refractivity contribution in [1.29, 1.82) is 0 Å². The van der Waals surface area contributed by atoms with Gasteiger partial charge in [0.15, 0.2) is 0 Å². The van der Waals surface area contributed by atoms with Crippen LogP contribution in [0.5, 0.6) is 0 Å². The molecule has 0 aromatic rings. The van der Waals surface area contributed by atoms with Gasteiger partial charge in [0.2, 0.25) is 0 Å². The van der Waals surface area contributed by atoms with Crippen LogP contribution in [0.3, 0.4) is 0 Å². The predicted molar refractivity (Wildman–Crippen MR) is 38.8 cm³/mol. The monoisotopic (exact) mass is 160 g/mol. The van der Waals surface area contributed by atoms with Gasteiger partial charge < -0.3 is 14.9 Å². The first-order valence-corrected chi connectivity index (χ1v) is 3.20. The van der Waals surface area contributed by atoms with Crippen molar-refractivity contribution in [3.8, 4) is 0 Å². The van der Waals surface area contributed by atoms with Crippen LogP contribution in [0.15, 0.2) is 12.2 Å². The van der Waals surface area contributed by atoms with Gasteiger partial charge in [0.25, 0.3) is 0 Å². The maximum absolute atomic E-state index is 10.4. The third-order valence-corrected chi connectivity index (χ3v) is 1.12. The molecule has 4 heteroatoms. The molecule has 0 unspecified atom stereocenters. The lowest BCUT2D eigenvalue weighted by molar-refractivity contribution is -0.134. The third-order valence-electron chi connectivity index (χ3n) is 1.12. The van der Waals surface area contributed by atoms with Crippen LogP contribution in [-0.2, 0) is 9.53 Å². The molecule has 0 aliphatic carbocycles. The highest BCUT2D eigenvalue weighted by molar-refractivity contribution is 5.81. The molecule has 0 bridgehead atoms. The maximum atomic E-state index is 10.4. The molecule has 0 fully saturated rings. The first kappa shape index (κ1) is 10.1. The van der Waals surface area contributed by atoms with Crippen LogP contribution in [0, 0.1) is 0 Å². The zero-order chi connectivity index (χ0) is 8.85. The lowest BCUT2D eigenvalue weighted by atomic mass is 10.2. The molecule has 2 atom stereocenters. The fourth-order valence-corrected chi connectivity index (χ4v) is 0.406. The van der Waals surface area contributed by atoms with Gasteiger partial charge >= 0.3 is 5.97 Å². The molecular weight excluding hydrogens is 148 g/mol. The summed E-state index contributed by atoms with van der Waals surface area (Å²) in [7, 11) is 1.24. The zero-order valence-corrected chi connectivity index (χ0v) is 6.52. The lowest BCUT2D eigenvalue weighted by Crippen LogP contribution is -2.19. The quantitative estimate of drug-likeness (QED) is 0.429. The van der Waals surface area contributed by atoms with Crippen molar-refractivity contribution in [1.82, 2.24) is 0 Å². The third kappa shape index (κ3) is 4.52. The van der Waals surface area contributed by atoms with Crippen LogP contribution >= 0.6 is 0 Å². The van der Waals surface area contributed by atoms with Gasteiger partial charge in [0.05, 0.1) is 19.3 Å². The van der Waals surface area contributed by atoms with Gasteiger partial charge in [-0.05, 0) is 13.0 Å². The van der Waals surface area contributed by atoms with Gasteiger partial charge in [0.1, 0.15) is 0 Å². The highest BCUT2D eigenvalue weighted by Gasteiger charge is 2.06. The minimum Gasteiger partial charge on any atom is -0.466 e. The van der Waals surface area contributed by atoms with E-state index in [4.69, 9.17) is 10.2 Å².